The van der Waals surface area contributed by atoms with Crippen LogP contribution in [0.3, 0.4) is 0 Å². The molecule has 3 heteroatoms. The van der Waals surface area contributed by atoms with Crippen LogP contribution in [-0.2, 0) is 4.79 Å². The summed E-state index contributed by atoms with van der Waals surface area (Å²) in [6.07, 6.45) is 24.4. The van der Waals surface area contributed by atoms with Gasteiger partial charge in [0.1, 0.15) is 0 Å². The molecule has 152 valence electrons. The monoisotopic (exact) mass is 364 g/mol. The van der Waals surface area contributed by atoms with Crippen LogP contribution in [-0.4, -0.2) is 31.1 Å². The lowest BCUT2D eigenvalue weighted by molar-refractivity contribution is -0.123. The highest BCUT2D eigenvalue weighted by atomic mass is 16.1. The largest absolute Gasteiger partial charge is 0.341 e. The minimum absolute atomic E-state index is 0.167. The molecule has 0 radical (unpaired) electrons. The second-order valence-electron chi connectivity index (χ2n) is 7.44. The van der Waals surface area contributed by atoms with Crippen molar-refractivity contribution in [3.63, 3.8) is 0 Å². The van der Waals surface area contributed by atoms with E-state index in [-0.39, 0.29) is 12.1 Å². The number of carbonyl (C=O) groups is 1. The first-order valence-corrected chi connectivity index (χ1v) is 10.9. The number of allylic oxidation sites excluding steroid dienone is 4. The number of nitrogens with zero attached hydrogens (tertiary/aromatic N) is 1. The lowest BCUT2D eigenvalue weighted by Crippen LogP contribution is -2.44. The first-order valence-electron chi connectivity index (χ1n) is 10.9. The first kappa shape index (κ1) is 24.9. The molecule has 1 atom stereocenters. The second kappa shape index (κ2) is 18.7. The van der Waals surface area contributed by atoms with Crippen LogP contribution in [0.2, 0.25) is 0 Å². The predicted molar refractivity (Wildman–Crippen MR) is 115 cm³/mol. The molecule has 0 aliphatic carbocycles. The van der Waals surface area contributed by atoms with Crippen molar-refractivity contribution in [2.75, 3.05) is 14.1 Å². The average molecular weight is 365 g/mol. The van der Waals surface area contributed by atoms with E-state index in [4.69, 9.17) is 0 Å². The van der Waals surface area contributed by atoms with Crippen LogP contribution in [0.1, 0.15) is 97.3 Å². The molecule has 0 fully saturated rings. The van der Waals surface area contributed by atoms with Gasteiger partial charge in [-0.05, 0) is 59.0 Å². The van der Waals surface area contributed by atoms with Crippen molar-refractivity contribution >= 4 is 5.91 Å². The molecule has 0 aliphatic rings. The van der Waals surface area contributed by atoms with Gasteiger partial charge < -0.3 is 5.32 Å². The molecule has 0 spiro atoms. The van der Waals surface area contributed by atoms with Gasteiger partial charge in [-0.1, -0.05) is 70.3 Å². The summed E-state index contributed by atoms with van der Waals surface area (Å²) in [6, 6.07) is 0. The maximum atomic E-state index is 11.9. The Bertz CT molecular complexity index is 374. The van der Waals surface area contributed by atoms with Gasteiger partial charge >= 0.3 is 0 Å². The third-order valence-corrected chi connectivity index (χ3v) is 4.69. The quantitative estimate of drug-likeness (QED) is 0.189. The highest BCUT2D eigenvalue weighted by Gasteiger charge is 2.11. The number of nitrogens with one attached hydrogen (secondary N) is 1. The predicted octanol–water partition coefficient (Wildman–Crippen LogP) is 6.21. The molecule has 0 heterocycles. The van der Waals surface area contributed by atoms with Crippen LogP contribution in [0.5, 0.6) is 0 Å². The Morgan fingerprint density at radius 2 is 1.42 bits per heavy atom. The fourth-order valence-electron chi connectivity index (χ4n) is 2.95. The summed E-state index contributed by atoms with van der Waals surface area (Å²) in [5, 5.41) is 3.09. The molecule has 26 heavy (non-hydrogen) atoms. The van der Waals surface area contributed by atoms with E-state index in [1.54, 1.807) is 0 Å². The van der Waals surface area contributed by atoms with E-state index >= 15 is 0 Å². The third kappa shape index (κ3) is 16.4. The van der Waals surface area contributed by atoms with Crippen molar-refractivity contribution in [3.8, 4) is 0 Å². The standard InChI is InChI=1S/C23H44N2O/c1-5-7-8-9-10-11-12-13-14-15-16-17-18-19-20-21-23(26)24-22(6-2)25(3)4/h10-11,13-14,22H,5-9,12,15-21H2,1-4H3,(H,24,26)/b11-10-,14-13-/t22-/m0/s1. The van der Waals surface area contributed by atoms with E-state index in [1.165, 1.54) is 51.4 Å². The van der Waals surface area contributed by atoms with Crippen molar-refractivity contribution < 1.29 is 4.79 Å². The Labute approximate surface area is 163 Å². The summed E-state index contributed by atoms with van der Waals surface area (Å²) in [7, 11) is 4.01. The van der Waals surface area contributed by atoms with Gasteiger partial charge in [0.05, 0.1) is 6.17 Å². The molecule has 0 aromatic carbocycles. The van der Waals surface area contributed by atoms with Crippen molar-refractivity contribution in [1.29, 1.82) is 0 Å². The average Bonchev–Trinajstić information content (AvgIpc) is 2.62. The maximum absolute atomic E-state index is 11.9. The summed E-state index contributed by atoms with van der Waals surface area (Å²) in [5.41, 5.74) is 0. The minimum atomic E-state index is 0.167. The van der Waals surface area contributed by atoms with Gasteiger partial charge in [-0.25, -0.2) is 0 Å². The summed E-state index contributed by atoms with van der Waals surface area (Å²) < 4.78 is 0. The van der Waals surface area contributed by atoms with E-state index in [1.807, 2.05) is 14.1 Å². The smallest absolute Gasteiger partial charge is 0.221 e. The van der Waals surface area contributed by atoms with Gasteiger partial charge in [0, 0.05) is 6.42 Å². The minimum Gasteiger partial charge on any atom is -0.341 e. The second-order valence-corrected chi connectivity index (χ2v) is 7.44. The van der Waals surface area contributed by atoms with E-state index in [0.717, 1.165) is 25.7 Å². The molecule has 3 nitrogen and oxygen atoms in total. The number of rotatable bonds is 17. The lowest BCUT2D eigenvalue weighted by atomic mass is 10.1. The van der Waals surface area contributed by atoms with Gasteiger partial charge in [-0.2, -0.15) is 0 Å². The highest BCUT2D eigenvalue weighted by molar-refractivity contribution is 5.76. The number of hydrogen-bond donors (Lipinski definition) is 1. The van der Waals surface area contributed by atoms with Gasteiger partial charge in [-0.3, -0.25) is 9.69 Å². The molecule has 1 N–H and O–H groups in total. The molecule has 0 aliphatic heterocycles. The Balaban J connectivity index is 3.43. The molecule has 0 saturated carbocycles. The molecule has 1 amide bonds. The molecule has 0 unspecified atom stereocenters. The number of carbonyl (C=O) groups excluding carboxylic acids is 1. The van der Waals surface area contributed by atoms with Crippen LogP contribution in [0.25, 0.3) is 0 Å². The fraction of sp³-hybridized carbons (Fsp3) is 0.783. The van der Waals surface area contributed by atoms with Gasteiger partial charge in [0.15, 0.2) is 0 Å². The van der Waals surface area contributed by atoms with Crippen LogP contribution >= 0.6 is 0 Å². The topological polar surface area (TPSA) is 32.3 Å². The van der Waals surface area contributed by atoms with E-state index in [9.17, 15) is 4.79 Å². The summed E-state index contributed by atoms with van der Waals surface area (Å²) in [5.74, 6) is 0.191. The Morgan fingerprint density at radius 1 is 0.846 bits per heavy atom. The van der Waals surface area contributed by atoms with Crippen LogP contribution in [0, 0.1) is 0 Å². The molecular formula is C23H44N2O. The molecule has 0 aromatic heterocycles. The number of amides is 1. The van der Waals surface area contributed by atoms with Crippen LogP contribution in [0.15, 0.2) is 24.3 Å². The van der Waals surface area contributed by atoms with Crippen molar-refractivity contribution in [2.45, 2.75) is 103 Å². The van der Waals surface area contributed by atoms with Gasteiger partial charge in [-0.15, -0.1) is 0 Å². The van der Waals surface area contributed by atoms with Gasteiger partial charge in [0.25, 0.3) is 0 Å². The normalized spacial score (nSPS) is 13.1. The fourth-order valence-corrected chi connectivity index (χ4v) is 2.95. The molecule has 0 bridgehead atoms. The number of hydrogen-bond acceptors (Lipinski definition) is 2. The molecular weight excluding hydrogens is 320 g/mol. The zero-order valence-electron chi connectivity index (χ0n) is 17.9. The van der Waals surface area contributed by atoms with Crippen LogP contribution in [0.4, 0.5) is 0 Å². The van der Waals surface area contributed by atoms with E-state index < -0.39 is 0 Å². The summed E-state index contributed by atoms with van der Waals surface area (Å²) in [4.78, 5) is 14.0. The summed E-state index contributed by atoms with van der Waals surface area (Å²) in [6.45, 7) is 4.35. The number of unbranched alkanes of at least 4 members (excludes halogenated alkanes) is 8. The zero-order valence-corrected chi connectivity index (χ0v) is 17.9. The maximum Gasteiger partial charge on any atom is 0.221 e. The lowest BCUT2D eigenvalue weighted by Gasteiger charge is -2.23. The van der Waals surface area contributed by atoms with Crippen molar-refractivity contribution in [2.24, 2.45) is 0 Å². The Morgan fingerprint density at radius 3 is 2.00 bits per heavy atom. The first-order chi connectivity index (χ1) is 12.6. The van der Waals surface area contributed by atoms with Crippen LogP contribution < -0.4 is 5.32 Å². The SMILES string of the molecule is CCCCC/C=C\C/C=C\CCCCCCCC(=O)N[C@H](CC)N(C)C. The van der Waals surface area contributed by atoms with Crippen molar-refractivity contribution in [3.05, 3.63) is 24.3 Å². The Kier molecular flexibility index (Phi) is 17.9. The van der Waals surface area contributed by atoms with E-state index in [0.29, 0.717) is 6.42 Å². The Hall–Kier alpha value is -1.09. The van der Waals surface area contributed by atoms with E-state index in [2.05, 4.69) is 48.4 Å². The molecule has 0 rings (SSSR count). The van der Waals surface area contributed by atoms with Crippen molar-refractivity contribution in [1.82, 2.24) is 10.2 Å². The summed E-state index contributed by atoms with van der Waals surface area (Å²) >= 11 is 0. The third-order valence-electron chi connectivity index (χ3n) is 4.69. The molecule has 0 aromatic rings. The highest BCUT2D eigenvalue weighted by Crippen LogP contribution is 2.08. The van der Waals surface area contributed by atoms with Gasteiger partial charge in [0.2, 0.25) is 5.91 Å². The zero-order chi connectivity index (χ0) is 19.5. The molecule has 0 saturated heterocycles.